The van der Waals surface area contributed by atoms with E-state index in [4.69, 9.17) is 15.5 Å². The van der Waals surface area contributed by atoms with E-state index in [2.05, 4.69) is 47.1 Å². The van der Waals surface area contributed by atoms with E-state index in [9.17, 15) is 13.3 Å². The Morgan fingerprint density at radius 1 is 1.18 bits per heavy atom. The van der Waals surface area contributed by atoms with Crippen LogP contribution in [-0.2, 0) is 22.8 Å². The number of benzene rings is 1. The largest absolute Gasteiger partial charge is 0.598 e. The molecule has 4 rings (SSSR count). The first-order valence-electron chi connectivity index (χ1n) is 14.0. The van der Waals surface area contributed by atoms with E-state index < -0.39 is 36.1 Å². The SMILES string of the molecule is CC(C)(C)[S+]([O-])NC(c1nc2cc(C(N)C3CC3)ccc2n1COCC[Si](C)(C)C)C1CCC(F)(F)CC1. The molecule has 6 nitrogen and oxygen atoms in total. The monoisotopic (exact) mass is 568 g/mol. The third-order valence-electron chi connectivity index (χ3n) is 7.83. The lowest BCUT2D eigenvalue weighted by atomic mass is 9.82. The van der Waals surface area contributed by atoms with Crippen LogP contribution in [0.15, 0.2) is 18.2 Å². The van der Waals surface area contributed by atoms with E-state index >= 15 is 0 Å². The van der Waals surface area contributed by atoms with Gasteiger partial charge in [0.1, 0.15) is 23.3 Å². The Morgan fingerprint density at radius 3 is 2.42 bits per heavy atom. The maximum Gasteiger partial charge on any atom is 0.248 e. The molecule has 0 bridgehead atoms. The molecule has 38 heavy (non-hydrogen) atoms. The van der Waals surface area contributed by atoms with E-state index in [-0.39, 0.29) is 24.8 Å². The summed E-state index contributed by atoms with van der Waals surface area (Å²) >= 11 is -1.39. The summed E-state index contributed by atoms with van der Waals surface area (Å²) < 4.78 is 52.6. The van der Waals surface area contributed by atoms with Crippen LogP contribution in [0.1, 0.15) is 82.8 Å². The smallest absolute Gasteiger partial charge is 0.248 e. The van der Waals surface area contributed by atoms with Gasteiger partial charge in [0.25, 0.3) is 0 Å². The van der Waals surface area contributed by atoms with E-state index in [1.54, 1.807) is 0 Å². The summed E-state index contributed by atoms with van der Waals surface area (Å²) in [5.41, 5.74) is 9.32. The fourth-order valence-corrected chi connectivity index (χ4v) is 6.69. The minimum absolute atomic E-state index is 0.0103. The molecule has 3 unspecified atom stereocenters. The number of alkyl halides is 2. The molecule has 0 radical (unpaired) electrons. The normalized spacial score (nSPS) is 21.5. The second kappa shape index (κ2) is 11.4. The molecule has 2 fully saturated rings. The highest BCUT2D eigenvalue weighted by Gasteiger charge is 2.42. The first kappa shape index (κ1) is 29.9. The molecule has 0 amide bonds. The van der Waals surface area contributed by atoms with Crippen molar-refractivity contribution < 1.29 is 18.1 Å². The van der Waals surface area contributed by atoms with Crippen LogP contribution in [-0.4, -0.2) is 39.5 Å². The van der Waals surface area contributed by atoms with Crippen molar-refractivity contribution in [3.63, 3.8) is 0 Å². The fraction of sp³-hybridized carbons (Fsp3) is 0.750. The van der Waals surface area contributed by atoms with Crippen molar-refractivity contribution in [3.8, 4) is 0 Å². The van der Waals surface area contributed by atoms with Gasteiger partial charge in [0.15, 0.2) is 0 Å². The Bertz CT molecular complexity index is 1090. The van der Waals surface area contributed by atoms with Crippen molar-refractivity contribution in [2.75, 3.05) is 6.61 Å². The Labute approximate surface area is 230 Å². The van der Waals surface area contributed by atoms with E-state index in [0.29, 0.717) is 37.9 Å². The number of nitrogens with two attached hydrogens (primary N) is 1. The second-order valence-corrected chi connectivity index (χ2v) is 21.1. The van der Waals surface area contributed by atoms with Crippen molar-refractivity contribution >= 4 is 30.5 Å². The standard InChI is InChI=1S/C28H46F2N4O2SSi/c1-27(2,3)37(35)33-25(20-11-13-28(29,30)14-12-20)26-32-22-17-21(24(31)19-7-8-19)9-10-23(22)34(26)18-36-15-16-38(4,5)6/h9-10,17,19-20,24-25,33H,7-8,11-16,18,31H2,1-6H3. The first-order chi connectivity index (χ1) is 17.6. The number of nitrogens with one attached hydrogen (secondary N) is 1. The van der Waals surface area contributed by atoms with Crippen LogP contribution in [0.5, 0.6) is 0 Å². The molecule has 2 aliphatic carbocycles. The maximum absolute atomic E-state index is 14.1. The lowest BCUT2D eigenvalue weighted by Crippen LogP contribution is -2.45. The molecular weight excluding hydrogens is 522 g/mol. The van der Waals surface area contributed by atoms with Crippen LogP contribution >= 0.6 is 0 Å². The third-order valence-corrected chi connectivity index (χ3v) is 11.1. The highest BCUT2D eigenvalue weighted by Crippen LogP contribution is 2.43. The molecule has 2 saturated carbocycles. The van der Waals surface area contributed by atoms with Crippen LogP contribution in [0.3, 0.4) is 0 Å². The summed E-state index contributed by atoms with van der Waals surface area (Å²) in [5, 5.41) is 0. The van der Waals surface area contributed by atoms with Gasteiger partial charge in [-0.25, -0.2) is 13.8 Å². The summed E-state index contributed by atoms with van der Waals surface area (Å²) in [4.78, 5) is 5.06. The Balaban J connectivity index is 1.71. The minimum Gasteiger partial charge on any atom is -0.598 e. The van der Waals surface area contributed by atoms with Crippen LogP contribution in [0, 0.1) is 11.8 Å². The highest BCUT2D eigenvalue weighted by molar-refractivity contribution is 7.90. The van der Waals surface area contributed by atoms with E-state index in [1.807, 2.05) is 20.8 Å². The second-order valence-electron chi connectivity index (χ2n) is 13.5. The average Bonchev–Trinajstić information content (AvgIpc) is 3.60. The van der Waals surface area contributed by atoms with Gasteiger partial charge < -0.3 is 19.6 Å². The number of ether oxygens (including phenoxy) is 1. The first-order valence-corrected chi connectivity index (χ1v) is 18.9. The number of imidazole rings is 1. The molecule has 3 N–H and O–H groups in total. The van der Waals surface area contributed by atoms with Gasteiger partial charge in [-0.2, -0.15) is 0 Å². The number of halogens is 2. The summed E-state index contributed by atoms with van der Waals surface area (Å²) in [6, 6.07) is 6.80. The Hall–Kier alpha value is -1.04. The lowest BCUT2D eigenvalue weighted by Gasteiger charge is -2.35. The van der Waals surface area contributed by atoms with Crippen LogP contribution < -0.4 is 10.5 Å². The molecule has 3 atom stereocenters. The van der Waals surface area contributed by atoms with Gasteiger partial charge in [0.2, 0.25) is 5.92 Å². The van der Waals surface area contributed by atoms with Gasteiger partial charge in [-0.05, 0) is 82.0 Å². The van der Waals surface area contributed by atoms with Crippen molar-refractivity contribution in [2.45, 2.75) is 114 Å². The molecule has 214 valence electrons. The van der Waals surface area contributed by atoms with Crippen LogP contribution in [0.25, 0.3) is 11.0 Å². The summed E-state index contributed by atoms with van der Waals surface area (Å²) in [7, 11) is -1.26. The van der Waals surface area contributed by atoms with Gasteiger partial charge in [-0.1, -0.05) is 25.7 Å². The van der Waals surface area contributed by atoms with E-state index in [1.165, 1.54) is 0 Å². The molecule has 2 aliphatic rings. The van der Waals surface area contributed by atoms with Crippen LogP contribution in [0.4, 0.5) is 8.78 Å². The molecular formula is C28H46F2N4O2SSi. The molecule has 0 spiro atoms. The number of hydrogen-bond donors (Lipinski definition) is 2. The summed E-state index contributed by atoms with van der Waals surface area (Å²) in [6.45, 7) is 13.7. The highest BCUT2D eigenvalue weighted by atomic mass is 32.2. The van der Waals surface area contributed by atoms with Crippen LogP contribution in [0.2, 0.25) is 25.7 Å². The van der Waals surface area contributed by atoms with Gasteiger partial charge >= 0.3 is 0 Å². The van der Waals surface area contributed by atoms with Gasteiger partial charge in [0.05, 0.1) is 11.0 Å². The zero-order valence-electron chi connectivity index (χ0n) is 23.9. The molecule has 10 heteroatoms. The third kappa shape index (κ3) is 7.57. The quantitative estimate of drug-likeness (QED) is 0.179. The number of aromatic nitrogens is 2. The topological polar surface area (TPSA) is 88.2 Å². The molecule has 0 saturated heterocycles. The van der Waals surface area contributed by atoms with Crippen molar-refractivity contribution in [1.82, 2.24) is 14.3 Å². The van der Waals surface area contributed by atoms with Crippen molar-refractivity contribution in [2.24, 2.45) is 17.6 Å². The lowest BCUT2D eigenvalue weighted by molar-refractivity contribution is -0.0495. The Kier molecular flexibility index (Phi) is 9.01. The number of rotatable bonds is 11. The van der Waals surface area contributed by atoms with Gasteiger partial charge in [-0.15, -0.1) is 4.72 Å². The van der Waals surface area contributed by atoms with E-state index in [0.717, 1.165) is 35.5 Å². The zero-order chi connectivity index (χ0) is 27.9. The minimum atomic E-state index is -2.64. The number of nitrogens with zero attached hydrogens (tertiary/aromatic N) is 2. The molecule has 1 heterocycles. The molecule has 1 aromatic carbocycles. The molecule has 1 aromatic heterocycles. The van der Waals surface area contributed by atoms with Gasteiger partial charge in [-0.3, -0.25) is 0 Å². The number of fused-ring (bicyclic) bond motifs is 1. The van der Waals surface area contributed by atoms with Crippen molar-refractivity contribution in [3.05, 3.63) is 29.6 Å². The fourth-order valence-electron chi connectivity index (χ4n) is 5.06. The predicted octanol–water partition coefficient (Wildman–Crippen LogP) is 6.68. The summed E-state index contributed by atoms with van der Waals surface area (Å²) in [5.74, 6) is -1.52. The summed E-state index contributed by atoms with van der Waals surface area (Å²) in [6.07, 6.45) is 2.69. The van der Waals surface area contributed by atoms with Crippen molar-refractivity contribution in [1.29, 1.82) is 0 Å². The average molecular weight is 569 g/mol. The molecule has 0 aliphatic heterocycles. The zero-order valence-corrected chi connectivity index (χ0v) is 25.7. The molecule has 2 aromatic rings. The predicted molar refractivity (Wildman–Crippen MR) is 154 cm³/mol. The maximum atomic E-state index is 14.1. The van der Waals surface area contributed by atoms with Gasteiger partial charge in [0, 0.05) is 44.9 Å². The Morgan fingerprint density at radius 2 is 1.84 bits per heavy atom. The number of hydrogen-bond acceptors (Lipinski definition) is 5.